The van der Waals surface area contributed by atoms with Gasteiger partial charge in [-0.2, -0.15) is 0 Å². The first-order valence-electron chi connectivity index (χ1n) is 13.7. The number of fused-ring (bicyclic) bond motifs is 7. The van der Waals surface area contributed by atoms with Gasteiger partial charge in [-0.05, 0) is 105 Å². The van der Waals surface area contributed by atoms with Gasteiger partial charge in [-0.1, -0.05) is 51.5 Å². The second kappa shape index (κ2) is 7.43. The Labute approximate surface area is 201 Å². The van der Waals surface area contributed by atoms with E-state index in [1.165, 1.54) is 11.1 Å². The molecule has 0 heterocycles. The van der Waals surface area contributed by atoms with Crippen LogP contribution in [-0.4, -0.2) is 34.6 Å². The number of aliphatic hydroxyl groups is 3. The normalized spacial score (nSPS) is 52.7. The highest BCUT2D eigenvalue weighted by Gasteiger charge is 2.70. The molecule has 0 aromatic heterocycles. The van der Waals surface area contributed by atoms with E-state index in [0.29, 0.717) is 23.7 Å². The molecule has 0 aliphatic heterocycles. The van der Waals surface area contributed by atoms with Gasteiger partial charge < -0.3 is 15.3 Å². The van der Waals surface area contributed by atoms with Gasteiger partial charge in [0.1, 0.15) is 0 Å². The molecule has 33 heavy (non-hydrogen) atoms. The fourth-order valence-electron chi connectivity index (χ4n) is 10.9. The standard InChI is InChI=1S/C30H48O3/c1-19(2)20-9-14-29(17-31)15-16-30(18-32)21(25(20)29)7-8-23-27(5)12-11-24(33)26(3,4)22(27)10-13-28(23,30)6/h7,20,22-25,31-33H,1,8-18H2,2-6H3/t20-,22-,23+,24-,25+,27-,28+,29+,30-/m0/s1. The lowest BCUT2D eigenvalue weighted by Gasteiger charge is -2.71. The number of hydrogen-bond donors (Lipinski definition) is 3. The fraction of sp³-hybridized carbons (Fsp3) is 0.867. The summed E-state index contributed by atoms with van der Waals surface area (Å²) in [6.45, 7) is 16.6. The van der Waals surface area contributed by atoms with Crippen LogP contribution in [0.15, 0.2) is 23.8 Å². The molecule has 0 bridgehead atoms. The molecule has 5 aliphatic carbocycles. The van der Waals surface area contributed by atoms with Crippen molar-refractivity contribution in [3.05, 3.63) is 23.8 Å². The molecule has 9 atom stereocenters. The highest BCUT2D eigenvalue weighted by Crippen LogP contribution is 2.76. The monoisotopic (exact) mass is 456 g/mol. The van der Waals surface area contributed by atoms with E-state index in [9.17, 15) is 15.3 Å². The molecule has 0 aromatic rings. The Morgan fingerprint density at radius 2 is 1.67 bits per heavy atom. The molecule has 0 radical (unpaired) electrons. The van der Waals surface area contributed by atoms with Crippen LogP contribution in [-0.2, 0) is 0 Å². The highest BCUT2D eigenvalue weighted by atomic mass is 16.3. The Morgan fingerprint density at radius 3 is 2.30 bits per heavy atom. The minimum absolute atomic E-state index is 0.0324. The first kappa shape index (κ1) is 24.1. The van der Waals surface area contributed by atoms with Crippen LogP contribution in [0, 0.1) is 50.7 Å². The van der Waals surface area contributed by atoms with Gasteiger partial charge in [-0.25, -0.2) is 0 Å². The van der Waals surface area contributed by atoms with Crippen molar-refractivity contribution >= 4 is 0 Å². The summed E-state index contributed by atoms with van der Waals surface area (Å²) in [4.78, 5) is 0. The molecule has 3 nitrogen and oxygen atoms in total. The van der Waals surface area contributed by atoms with Crippen molar-refractivity contribution in [2.75, 3.05) is 13.2 Å². The van der Waals surface area contributed by atoms with E-state index in [1.54, 1.807) is 0 Å². The van der Waals surface area contributed by atoms with Gasteiger partial charge in [-0.15, -0.1) is 0 Å². The van der Waals surface area contributed by atoms with Crippen LogP contribution in [0.3, 0.4) is 0 Å². The van der Waals surface area contributed by atoms with Gasteiger partial charge in [-0.3, -0.25) is 0 Å². The van der Waals surface area contributed by atoms with Gasteiger partial charge >= 0.3 is 0 Å². The van der Waals surface area contributed by atoms with Crippen molar-refractivity contribution in [1.29, 1.82) is 0 Å². The van der Waals surface area contributed by atoms with Crippen molar-refractivity contribution in [2.45, 2.75) is 98.5 Å². The summed E-state index contributed by atoms with van der Waals surface area (Å²) in [5.74, 6) is 1.80. The maximum Gasteiger partial charge on any atom is 0.0594 e. The molecule has 4 saturated carbocycles. The molecule has 4 fully saturated rings. The Bertz CT molecular complexity index is 859. The van der Waals surface area contributed by atoms with Gasteiger partial charge in [0.25, 0.3) is 0 Å². The second-order valence-corrected chi connectivity index (χ2v) is 14.1. The molecule has 5 rings (SSSR count). The number of rotatable bonds is 3. The number of hydrogen-bond acceptors (Lipinski definition) is 3. The zero-order valence-electron chi connectivity index (χ0n) is 21.8. The quantitative estimate of drug-likeness (QED) is 0.464. The molecule has 0 amide bonds. The predicted octanol–water partition coefficient (Wildman–Crippen LogP) is 5.89. The maximum absolute atomic E-state index is 11.2. The van der Waals surface area contributed by atoms with Crippen LogP contribution in [0.1, 0.15) is 92.4 Å². The molecule has 186 valence electrons. The molecule has 0 saturated heterocycles. The summed E-state index contributed by atoms with van der Waals surface area (Å²) in [6, 6.07) is 0. The van der Waals surface area contributed by atoms with Crippen molar-refractivity contribution in [3.63, 3.8) is 0 Å². The minimum atomic E-state index is -0.212. The molecule has 3 heteroatoms. The Morgan fingerprint density at radius 1 is 0.939 bits per heavy atom. The van der Waals surface area contributed by atoms with Crippen molar-refractivity contribution in [3.8, 4) is 0 Å². The topological polar surface area (TPSA) is 60.7 Å². The first-order chi connectivity index (χ1) is 15.4. The lowest BCUT2D eigenvalue weighted by atomic mass is 9.34. The summed E-state index contributed by atoms with van der Waals surface area (Å²) in [5.41, 5.74) is 2.69. The molecule has 3 N–H and O–H groups in total. The van der Waals surface area contributed by atoms with E-state index in [0.717, 1.165) is 57.8 Å². The fourth-order valence-corrected chi connectivity index (χ4v) is 10.9. The lowest BCUT2D eigenvalue weighted by Crippen LogP contribution is -2.65. The molecular formula is C30H48O3. The largest absolute Gasteiger partial charge is 0.396 e. The third kappa shape index (κ3) is 2.79. The highest BCUT2D eigenvalue weighted by molar-refractivity contribution is 5.37. The Kier molecular flexibility index (Phi) is 5.42. The van der Waals surface area contributed by atoms with Crippen molar-refractivity contribution in [1.82, 2.24) is 0 Å². The van der Waals surface area contributed by atoms with Crippen LogP contribution in [0.5, 0.6) is 0 Å². The zero-order valence-corrected chi connectivity index (χ0v) is 21.8. The van der Waals surface area contributed by atoms with Crippen LogP contribution < -0.4 is 0 Å². The van der Waals surface area contributed by atoms with Crippen LogP contribution in [0.2, 0.25) is 0 Å². The number of allylic oxidation sites excluding steroid dienone is 2. The van der Waals surface area contributed by atoms with E-state index >= 15 is 0 Å². The van der Waals surface area contributed by atoms with E-state index in [1.807, 2.05) is 0 Å². The molecular weight excluding hydrogens is 408 g/mol. The molecule has 0 unspecified atom stereocenters. The van der Waals surface area contributed by atoms with Gasteiger partial charge in [0.05, 0.1) is 12.7 Å². The maximum atomic E-state index is 11.2. The minimum Gasteiger partial charge on any atom is -0.396 e. The van der Waals surface area contributed by atoms with Gasteiger partial charge in [0, 0.05) is 17.4 Å². The Balaban J connectivity index is 1.63. The summed E-state index contributed by atoms with van der Waals surface area (Å²) in [5, 5.41) is 32.8. The smallest absolute Gasteiger partial charge is 0.0594 e. The van der Waals surface area contributed by atoms with E-state index in [-0.39, 0.29) is 46.4 Å². The lowest BCUT2D eigenvalue weighted by molar-refractivity contribution is -0.211. The summed E-state index contributed by atoms with van der Waals surface area (Å²) in [6.07, 6.45) is 11.9. The van der Waals surface area contributed by atoms with Crippen molar-refractivity contribution < 1.29 is 15.3 Å². The SMILES string of the molecule is C=C(C)[C@@H]1CC[C@]2(CO)CC[C@]3(CO)C(=CC[C@@H]4[C@@]5(C)CC[C@H](O)C(C)(C)[C@@H]5CC[C@]43C)[C@@H]12. The molecule has 0 aromatic carbocycles. The third-order valence-electron chi connectivity index (χ3n) is 12.9. The van der Waals surface area contributed by atoms with Gasteiger partial charge in [0.2, 0.25) is 0 Å². The number of aliphatic hydroxyl groups excluding tert-OH is 3. The molecule has 5 aliphatic rings. The van der Waals surface area contributed by atoms with Crippen molar-refractivity contribution in [2.24, 2.45) is 50.7 Å². The average Bonchev–Trinajstić information content (AvgIpc) is 3.17. The van der Waals surface area contributed by atoms with E-state index < -0.39 is 0 Å². The Hall–Kier alpha value is -0.640. The molecule has 0 spiro atoms. The van der Waals surface area contributed by atoms with Crippen LogP contribution >= 0.6 is 0 Å². The van der Waals surface area contributed by atoms with E-state index in [4.69, 9.17) is 0 Å². The third-order valence-corrected chi connectivity index (χ3v) is 12.9. The first-order valence-corrected chi connectivity index (χ1v) is 13.7. The summed E-state index contributed by atoms with van der Waals surface area (Å²) < 4.78 is 0. The summed E-state index contributed by atoms with van der Waals surface area (Å²) in [7, 11) is 0. The zero-order chi connectivity index (χ0) is 24.0. The van der Waals surface area contributed by atoms with Crippen LogP contribution in [0.25, 0.3) is 0 Å². The van der Waals surface area contributed by atoms with Gasteiger partial charge in [0.15, 0.2) is 0 Å². The average molecular weight is 457 g/mol. The van der Waals surface area contributed by atoms with Crippen LogP contribution in [0.4, 0.5) is 0 Å². The predicted molar refractivity (Wildman–Crippen MR) is 133 cm³/mol. The summed E-state index contributed by atoms with van der Waals surface area (Å²) >= 11 is 0. The van der Waals surface area contributed by atoms with E-state index in [2.05, 4.69) is 47.3 Å². The second-order valence-electron chi connectivity index (χ2n) is 14.1.